The van der Waals surface area contributed by atoms with Crippen LogP contribution in [0.4, 0.5) is 0 Å². The minimum Gasteiger partial charge on any atom is -1.00 e. The first-order chi connectivity index (χ1) is 18.1. The zero-order valence-corrected chi connectivity index (χ0v) is 30.7. The minimum atomic E-state index is -2.58. The van der Waals surface area contributed by atoms with Crippen molar-refractivity contribution in [2.45, 2.75) is 86.0 Å². The molecular formula is C36H45Cl3SiTi. The molecule has 5 heteroatoms. The van der Waals surface area contributed by atoms with Gasteiger partial charge in [0.05, 0.1) is 0 Å². The molecule has 1 atom stereocenters. The number of benzene rings is 3. The summed E-state index contributed by atoms with van der Waals surface area (Å²) in [5, 5.41) is 6.30. The van der Waals surface area contributed by atoms with Gasteiger partial charge in [-0.15, -0.1) is 0 Å². The van der Waals surface area contributed by atoms with Crippen molar-refractivity contribution in [1.82, 2.24) is 0 Å². The molecule has 0 heterocycles. The Balaban J connectivity index is 0.00000280. The zero-order chi connectivity index (χ0) is 27.6. The van der Waals surface area contributed by atoms with Crippen molar-refractivity contribution in [2.24, 2.45) is 5.92 Å². The summed E-state index contributed by atoms with van der Waals surface area (Å²) < 4.78 is 1.49. The van der Waals surface area contributed by atoms with Gasteiger partial charge in [-0.05, 0) is 0 Å². The smallest absolute Gasteiger partial charge is 1.00 e. The molecule has 0 spiro atoms. The molecule has 218 valence electrons. The van der Waals surface area contributed by atoms with Crippen LogP contribution in [-0.4, -0.2) is 8.07 Å². The Bertz CT molecular complexity index is 1230. The van der Waals surface area contributed by atoms with Gasteiger partial charge in [0.1, 0.15) is 0 Å². The molecule has 0 amide bonds. The average molecular weight is 660 g/mol. The second-order valence-corrected chi connectivity index (χ2v) is 16.8. The zero-order valence-electron chi connectivity index (χ0n) is 25.9. The van der Waals surface area contributed by atoms with Crippen molar-refractivity contribution >= 4 is 23.6 Å². The van der Waals surface area contributed by atoms with Gasteiger partial charge in [-0.25, -0.2) is 0 Å². The molecule has 0 aromatic heterocycles. The number of allylic oxidation sites excluding steroid dienone is 4. The summed E-state index contributed by atoms with van der Waals surface area (Å²) >= 11 is 2.35. The quantitative estimate of drug-likeness (QED) is 0.210. The molecule has 0 nitrogen and oxygen atoms in total. The van der Waals surface area contributed by atoms with Crippen molar-refractivity contribution in [3.8, 4) is 0 Å². The normalized spacial score (nSPS) is 14.0. The first kappa shape index (κ1) is 38.0. The van der Waals surface area contributed by atoms with E-state index in [1.165, 1.54) is 42.5 Å². The molecule has 0 N–H and O–H groups in total. The van der Waals surface area contributed by atoms with E-state index in [1.54, 1.807) is 10.8 Å². The Morgan fingerprint density at radius 3 is 1.32 bits per heavy atom. The second kappa shape index (κ2) is 16.1. The maximum atomic E-state index is 2.57. The van der Waals surface area contributed by atoms with E-state index in [9.17, 15) is 0 Å². The molecule has 41 heavy (non-hydrogen) atoms. The standard InChI is InChI=1S/C36H45Si.3ClH.Ti/c1-9-28(8)35-20-13-21-36(35)37(32-17-10-14-29(22-32)25(2)3,33-18-11-15-30(23-33)26(4)5)34-19-12-16-31(24-34)27(6)7;;;;/h10-19,22-28H,9,21H2,1-8H3;3*1H;/q;;;;+3/p-3. The van der Waals surface area contributed by atoms with Crippen molar-refractivity contribution in [2.75, 3.05) is 0 Å². The Morgan fingerprint density at radius 1 is 0.634 bits per heavy atom. The first-order valence-corrected chi connectivity index (χ1v) is 17.4. The molecule has 3 aromatic carbocycles. The van der Waals surface area contributed by atoms with E-state index in [2.05, 4.69) is 155 Å². The number of hydrogen-bond acceptors (Lipinski definition) is 0. The summed E-state index contributed by atoms with van der Waals surface area (Å²) in [7, 11) is -2.58. The van der Waals surface area contributed by atoms with Gasteiger partial charge in [-0.2, -0.15) is 0 Å². The van der Waals surface area contributed by atoms with Gasteiger partial charge in [0.15, 0.2) is 0 Å². The molecule has 0 aliphatic heterocycles. The topological polar surface area (TPSA) is 0 Å². The van der Waals surface area contributed by atoms with Crippen molar-refractivity contribution in [1.29, 1.82) is 0 Å². The van der Waals surface area contributed by atoms with E-state index in [1.807, 2.05) is 0 Å². The fourth-order valence-electron chi connectivity index (χ4n) is 6.12. The van der Waals surface area contributed by atoms with Gasteiger partial charge < -0.3 is 37.2 Å². The molecule has 4 rings (SSSR count). The van der Waals surface area contributed by atoms with Crippen LogP contribution in [0.1, 0.15) is 103 Å². The molecule has 0 bridgehead atoms. The Kier molecular flexibility index (Phi) is 14.9. The predicted molar refractivity (Wildman–Crippen MR) is 165 cm³/mol. The van der Waals surface area contributed by atoms with Gasteiger partial charge in [-0.3, -0.25) is 0 Å². The average Bonchev–Trinajstić information content (AvgIpc) is 3.30. The van der Waals surface area contributed by atoms with Gasteiger partial charge in [0.25, 0.3) is 0 Å². The van der Waals surface area contributed by atoms with E-state index in [0.717, 1.165) is 6.42 Å². The Morgan fingerprint density at radius 2 is 1.00 bits per heavy atom. The molecule has 1 aliphatic carbocycles. The van der Waals surface area contributed by atoms with Crippen LogP contribution in [0.15, 0.2) is 93.5 Å². The van der Waals surface area contributed by atoms with Crippen LogP contribution in [0.2, 0.25) is 0 Å². The minimum absolute atomic E-state index is 0. The number of hydrogen-bond donors (Lipinski definition) is 0. The summed E-state index contributed by atoms with van der Waals surface area (Å²) in [5.41, 5.74) is 5.94. The summed E-state index contributed by atoms with van der Waals surface area (Å²) in [6.07, 6.45) is 4.74. The third-order valence-corrected chi connectivity index (χ3v) is 14.3. The summed E-state index contributed by atoms with van der Waals surface area (Å²) in [6, 6.07) is 29.0. The van der Waals surface area contributed by atoms with Crippen LogP contribution in [0, 0.1) is 5.92 Å². The fraction of sp³-hybridized carbons (Fsp3) is 0.389. The maximum absolute atomic E-state index is 2.58. The van der Waals surface area contributed by atoms with Crippen molar-refractivity contribution < 1.29 is 57.7 Å². The summed E-state index contributed by atoms with van der Waals surface area (Å²) in [6.45, 7) is 18.7. The molecular weight excluding hydrogens is 615 g/mol. The van der Waals surface area contributed by atoms with Crippen molar-refractivity contribution in [3.05, 3.63) is 110 Å². The second-order valence-electron chi connectivity index (χ2n) is 12.1. The SMILES string of the molecule is CCC(C)C1=C([Si](c2cccc(C(C)C)c2)(c2cccc(C(C)C)c2)c2cccc(C(C)C)c2)CC=[C]1[Ti+3].[Cl-].[Cl-].[Cl-]. The number of halogens is 3. The Labute approximate surface area is 281 Å². The van der Waals surface area contributed by atoms with Gasteiger partial charge in [-0.1, -0.05) is 0 Å². The number of rotatable bonds is 9. The van der Waals surface area contributed by atoms with Crippen LogP contribution in [0.3, 0.4) is 0 Å². The van der Waals surface area contributed by atoms with E-state index in [0.29, 0.717) is 23.7 Å². The largest absolute Gasteiger partial charge is 1.00 e. The third kappa shape index (κ3) is 7.54. The van der Waals surface area contributed by atoms with Gasteiger partial charge in [0, 0.05) is 0 Å². The molecule has 0 saturated carbocycles. The fourth-order valence-corrected chi connectivity index (χ4v) is 12.5. The van der Waals surface area contributed by atoms with Crippen LogP contribution in [0.5, 0.6) is 0 Å². The monoisotopic (exact) mass is 658 g/mol. The van der Waals surface area contributed by atoms with E-state index in [-0.39, 0.29) is 37.2 Å². The summed E-state index contributed by atoms with van der Waals surface area (Å²) in [4.78, 5) is 0. The third-order valence-electron chi connectivity index (χ3n) is 8.64. The van der Waals surface area contributed by atoms with Crippen LogP contribution < -0.4 is 52.8 Å². The predicted octanol–water partition coefficient (Wildman–Crippen LogP) is -0.745. The van der Waals surface area contributed by atoms with E-state index >= 15 is 0 Å². The Hall–Kier alpha value is -1.06. The van der Waals surface area contributed by atoms with E-state index < -0.39 is 8.07 Å². The van der Waals surface area contributed by atoms with Crippen molar-refractivity contribution in [3.63, 3.8) is 0 Å². The summed E-state index contributed by atoms with van der Waals surface area (Å²) in [5.74, 6) is 2.04. The first-order valence-electron chi connectivity index (χ1n) is 14.6. The molecule has 0 saturated heterocycles. The molecule has 1 unspecified atom stereocenters. The molecule has 0 radical (unpaired) electrons. The van der Waals surface area contributed by atoms with Gasteiger partial charge >= 0.3 is 246 Å². The maximum Gasteiger partial charge on any atom is -1.00 e. The molecule has 0 fully saturated rings. The van der Waals surface area contributed by atoms with E-state index in [4.69, 9.17) is 0 Å². The van der Waals surface area contributed by atoms with Crippen LogP contribution in [0.25, 0.3) is 0 Å². The van der Waals surface area contributed by atoms with Gasteiger partial charge in [0.2, 0.25) is 0 Å². The van der Waals surface area contributed by atoms with Crippen LogP contribution in [-0.2, 0) is 20.4 Å². The molecule has 1 aliphatic rings. The van der Waals surface area contributed by atoms with Crippen LogP contribution >= 0.6 is 0 Å². The molecule has 3 aromatic rings.